The molecule has 170 valence electrons. The summed E-state index contributed by atoms with van der Waals surface area (Å²) in [5.74, 6) is -0.0755. The van der Waals surface area contributed by atoms with Crippen molar-refractivity contribution in [2.75, 3.05) is 44.7 Å². The van der Waals surface area contributed by atoms with Gasteiger partial charge in [-0.15, -0.1) is 0 Å². The van der Waals surface area contributed by atoms with Gasteiger partial charge >= 0.3 is 0 Å². The Hall–Kier alpha value is -2.97. The maximum Gasteiger partial charge on any atom is 0.270 e. The first-order valence-corrected chi connectivity index (χ1v) is 11.2. The van der Waals surface area contributed by atoms with E-state index < -0.39 is 0 Å². The molecular weight excluding hydrogens is 406 g/mol. The number of benzene rings is 1. The van der Waals surface area contributed by atoms with Crippen molar-refractivity contribution in [3.8, 4) is 0 Å². The molecule has 2 N–H and O–H groups in total. The Morgan fingerprint density at radius 3 is 2.19 bits per heavy atom. The van der Waals surface area contributed by atoms with Gasteiger partial charge in [-0.1, -0.05) is 18.2 Å². The summed E-state index contributed by atoms with van der Waals surface area (Å²) >= 11 is 0. The second-order valence-corrected chi connectivity index (χ2v) is 8.74. The summed E-state index contributed by atoms with van der Waals surface area (Å²) in [7, 11) is 0. The van der Waals surface area contributed by atoms with Gasteiger partial charge in [-0.3, -0.25) is 34.3 Å². The van der Waals surface area contributed by atoms with Gasteiger partial charge in [0.2, 0.25) is 5.91 Å². The fraction of sp³-hybridized carbons (Fsp3) is 0.458. The summed E-state index contributed by atoms with van der Waals surface area (Å²) in [5.41, 5.74) is 5.61. The summed E-state index contributed by atoms with van der Waals surface area (Å²) in [5, 5.41) is 3.02. The Morgan fingerprint density at radius 1 is 0.938 bits per heavy atom. The molecule has 2 heterocycles. The van der Waals surface area contributed by atoms with Gasteiger partial charge in [0.25, 0.3) is 5.91 Å². The molecule has 8 heteroatoms. The fourth-order valence-electron chi connectivity index (χ4n) is 4.07. The SMILES string of the molecule is Cc1cc(C(=O)CN2CCN(CC(=O)NC3CC3)CC2)c(C)n1NC(=O)c1ccccc1. The standard InChI is InChI=1S/C24H31N5O3/c1-17-14-21(18(2)29(17)26-24(32)19-6-4-3-5-7-19)22(30)15-27-10-12-28(13-11-27)16-23(31)25-20-8-9-20/h3-7,14,20H,8-13,15-16H2,1-2H3,(H,25,31)(H,26,32). The molecule has 1 aromatic heterocycles. The van der Waals surface area contributed by atoms with Crippen molar-refractivity contribution >= 4 is 17.6 Å². The van der Waals surface area contributed by atoms with Gasteiger partial charge in [0.1, 0.15) is 0 Å². The third-order valence-corrected chi connectivity index (χ3v) is 6.12. The predicted molar refractivity (Wildman–Crippen MR) is 122 cm³/mol. The minimum absolute atomic E-state index is 0.0400. The zero-order chi connectivity index (χ0) is 22.7. The highest BCUT2D eigenvalue weighted by molar-refractivity contribution is 6.01. The summed E-state index contributed by atoms with van der Waals surface area (Å²) in [6.45, 7) is 7.55. The Morgan fingerprint density at radius 2 is 1.56 bits per heavy atom. The summed E-state index contributed by atoms with van der Waals surface area (Å²) < 4.78 is 1.68. The van der Waals surface area contributed by atoms with E-state index in [-0.39, 0.29) is 17.6 Å². The van der Waals surface area contributed by atoms with Gasteiger partial charge in [-0.25, -0.2) is 0 Å². The van der Waals surface area contributed by atoms with E-state index in [4.69, 9.17) is 0 Å². The van der Waals surface area contributed by atoms with Crippen LogP contribution in [0.25, 0.3) is 0 Å². The molecule has 0 spiro atoms. The first kappa shape index (κ1) is 22.2. The van der Waals surface area contributed by atoms with Crippen LogP contribution in [0.2, 0.25) is 0 Å². The summed E-state index contributed by atoms with van der Waals surface area (Å²) in [6, 6.07) is 11.2. The Kier molecular flexibility index (Phi) is 6.72. The molecule has 8 nitrogen and oxygen atoms in total. The molecule has 0 bridgehead atoms. The number of amides is 2. The van der Waals surface area contributed by atoms with Crippen LogP contribution in [0.15, 0.2) is 36.4 Å². The molecule has 32 heavy (non-hydrogen) atoms. The molecule has 2 aromatic rings. The Bertz CT molecular complexity index is 989. The summed E-state index contributed by atoms with van der Waals surface area (Å²) in [4.78, 5) is 41.8. The molecule has 2 aliphatic rings. The third-order valence-electron chi connectivity index (χ3n) is 6.12. The van der Waals surface area contributed by atoms with Crippen LogP contribution in [0.4, 0.5) is 0 Å². The van der Waals surface area contributed by atoms with Gasteiger partial charge < -0.3 is 5.32 Å². The van der Waals surface area contributed by atoms with E-state index in [0.29, 0.717) is 30.3 Å². The van der Waals surface area contributed by atoms with Crippen molar-refractivity contribution in [2.24, 2.45) is 0 Å². The van der Waals surface area contributed by atoms with Gasteiger partial charge in [0, 0.05) is 54.7 Å². The molecular formula is C24H31N5O3. The number of nitrogens with zero attached hydrogens (tertiary/aromatic N) is 3. The molecule has 4 rings (SSSR count). The number of hydrogen-bond donors (Lipinski definition) is 2. The van der Waals surface area contributed by atoms with E-state index >= 15 is 0 Å². The highest BCUT2D eigenvalue weighted by Gasteiger charge is 2.26. The van der Waals surface area contributed by atoms with E-state index in [2.05, 4.69) is 20.5 Å². The van der Waals surface area contributed by atoms with Crippen LogP contribution in [0.3, 0.4) is 0 Å². The smallest absolute Gasteiger partial charge is 0.270 e. The Balaban J connectivity index is 1.30. The van der Waals surface area contributed by atoms with Crippen LogP contribution < -0.4 is 10.7 Å². The molecule has 0 radical (unpaired) electrons. The largest absolute Gasteiger partial charge is 0.352 e. The number of carbonyl (C=O) groups excluding carboxylic acids is 3. The zero-order valence-electron chi connectivity index (χ0n) is 18.8. The normalized spacial score (nSPS) is 17.2. The van der Waals surface area contributed by atoms with Crippen LogP contribution in [0.5, 0.6) is 0 Å². The van der Waals surface area contributed by atoms with Crippen molar-refractivity contribution in [3.05, 3.63) is 58.9 Å². The molecule has 1 saturated carbocycles. The van der Waals surface area contributed by atoms with Crippen molar-refractivity contribution < 1.29 is 14.4 Å². The van der Waals surface area contributed by atoms with E-state index in [0.717, 1.165) is 50.4 Å². The monoisotopic (exact) mass is 437 g/mol. The molecule has 1 aliphatic carbocycles. The fourth-order valence-corrected chi connectivity index (χ4v) is 4.07. The summed E-state index contributed by atoms with van der Waals surface area (Å²) in [6.07, 6.45) is 2.19. The predicted octanol–water partition coefficient (Wildman–Crippen LogP) is 1.57. The first-order valence-electron chi connectivity index (χ1n) is 11.2. The average molecular weight is 438 g/mol. The molecule has 2 amide bonds. The lowest BCUT2D eigenvalue weighted by atomic mass is 10.1. The van der Waals surface area contributed by atoms with E-state index in [9.17, 15) is 14.4 Å². The number of rotatable bonds is 8. The lowest BCUT2D eigenvalue weighted by Crippen LogP contribution is -2.50. The number of hydrogen-bond acceptors (Lipinski definition) is 5. The van der Waals surface area contributed by atoms with Crippen molar-refractivity contribution in [2.45, 2.75) is 32.7 Å². The van der Waals surface area contributed by atoms with E-state index in [1.54, 1.807) is 16.8 Å². The minimum Gasteiger partial charge on any atom is -0.352 e. The molecule has 1 aromatic carbocycles. The van der Waals surface area contributed by atoms with Gasteiger partial charge in [0.15, 0.2) is 5.78 Å². The lowest BCUT2D eigenvalue weighted by molar-refractivity contribution is -0.122. The quantitative estimate of drug-likeness (QED) is 0.613. The van der Waals surface area contributed by atoms with Gasteiger partial charge in [-0.05, 0) is 44.9 Å². The third kappa shape index (κ3) is 5.44. The van der Waals surface area contributed by atoms with E-state index in [1.807, 2.05) is 38.1 Å². The van der Waals surface area contributed by atoms with Crippen LogP contribution >= 0.6 is 0 Å². The molecule has 1 saturated heterocycles. The zero-order valence-corrected chi connectivity index (χ0v) is 18.8. The van der Waals surface area contributed by atoms with Gasteiger partial charge in [0.05, 0.1) is 13.1 Å². The highest BCUT2D eigenvalue weighted by Crippen LogP contribution is 2.19. The van der Waals surface area contributed by atoms with Crippen LogP contribution in [0, 0.1) is 13.8 Å². The number of ketones is 1. The van der Waals surface area contributed by atoms with Crippen LogP contribution in [-0.2, 0) is 4.79 Å². The maximum atomic E-state index is 13.0. The number of piperazine rings is 1. The maximum absolute atomic E-state index is 13.0. The molecule has 0 atom stereocenters. The number of aryl methyl sites for hydroxylation is 1. The number of Topliss-reactive ketones (excluding diaryl/α,β-unsaturated/α-hetero) is 1. The molecule has 2 fully saturated rings. The highest BCUT2D eigenvalue weighted by atomic mass is 16.2. The van der Waals surface area contributed by atoms with E-state index in [1.165, 1.54) is 0 Å². The second kappa shape index (κ2) is 9.67. The van der Waals surface area contributed by atoms with Crippen LogP contribution in [-0.4, -0.2) is 77.4 Å². The van der Waals surface area contributed by atoms with Crippen molar-refractivity contribution in [1.29, 1.82) is 0 Å². The number of aromatic nitrogens is 1. The van der Waals surface area contributed by atoms with Crippen LogP contribution in [0.1, 0.15) is 44.9 Å². The average Bonchev–Trinajstić information content (AvgIpc) is 3.55. The molecule has 1 aliphatic heterocycles. The lowest BCUT2D eigenvalue weighted by Gasteiger charge is -2.33. The minimum atomic E-state index is -0.215. The first-order chi connectivity index (χ1) is 15.4. The topological polar surface area (TPSA) is 86.7 Å². The number of carbonyl (C=O) groups is 3. The molecule has 0 unspecified atom stereocenters. The number of nitrogens with one attached hydrogen (secondary N) is 2. The van der Waals surface area contributed by atoms with Gasteiger partial charge in [-0.2, -0.15) is 0 Å². The van der Waals surface area contributed by atoms with Crippen molar-refractivity contribution in [3.63, 3.8) is 0 Å². The van der Waals surface area contributed by atoms with Crippen molar-refractivity contribution in [1.82, 2.24) is 19.8 Å². The Labute approximate surface area is 188 Å². The second-order valence-electron chi connectivity index (χ2n) is 8.74.